The third-order valence-electron chi connectivity index (χ3n) is 2.60. The number of non-ortho nitro benzene ring substituents is 1. The summed E-state index contributed by atoms with van der Waals surface area (Å²) in [5, 5.41) is 10.6. The van der Waals surface area contributed by atoms with E-state index in [0.29, 0.717) is 12.2 Å². The summed E-state index contributed by atoms with van der Waals surface area (Å²) < 4.78 is 5.23. The van der Waals surface area contributed by atoms with E-state index >= 15 is 0 Å². The van der Waals surface area contributed by atoms with Gasteiger partial charge in [-0.05, 0) is 39.4 Å². The third-order valence-corrected chi connectivity index (χ3v) is 2.60. The van der Waals surface area contributed by atoms with Gasteiger partial charge in [-0.3, -0.25) is 19.8 Å². The number of nitrogen functional groups attached to an aromatic ring is 1. The molecule has 2 N–H and O–H groups in total. The molecule has 0 radical (unpaired) electrons. The number of nitrogens with zero attached hydrogens (tertiary/aromatic N) is 2. The van der Waals surface area contributed by atoms with Crippen molar-refractivity contribution in [2.24, 2.45) is 0 Å². The van der Waals surface area contributed by atoms with Crippen LogP contribution in [0.4, 0.5) is 11.4 Å². The van der Waals surface area contributed by atoms with Crippen molar-refractivity contribution in [2.45, 2.75) is 32.9 Å². The minimum absolute atomic E-state index is 0.0500. The van der Waals surface area contributed by atoms with Crippen molar-refractivity contribution in [2.75, 3.05) is 19.3 Å². The maximum atomic E-state index is 11.7. The standard InChI is InChI=1S/C14H21N3O4/c1-14(2,3)21-13(18)9-16(4)8-10-5-6-11(17(19)20)7-12(10)15/h5-7H,8-9,15H2,1-4H3. The van der Waals surface area contributed by atoms with E-state index in [1.165, 1.54) is 12.1 Å². The predicted octanol–water partition coefficient (Wildman–Crippen LogP) is 1.95. The lowest BCUT2D eigenvalue weighted by Crippen LogP contribution is -2.32. The van der Waals surface area contributed by atoms with E-state index in [0.717, 1.165) is 5.56 Å². The molecule has 1 aromatic carbocycles. The fourth-order valence-corrected chi connectivity index (χ4v) is 1.78. The Morgan fingerprint density at radius 3 is 2.52 bits per heavy atom. The van der Waals surface area contributed by atoms with Gasteiger partial charge < -0.3 is 10.5 Å². The van der Waals surface area contributed by atoms with Gasteiger partial charge in [0.1, 0.15) is 5.60 Å². The molecule has 0 amide bonds. The number of esters is 1. The van der Waals surface area contributed by atoms with Crippen LogP contribution < -0.4 is 5.73 Å². The van der Waals surface area contributed by atoms with Crippen LogP contribution in [-0.2, 0) is 16.1 Å². The fourth-order valence-electron chi connectivity index (χ4n) is 1.78. The number of likely N-dealkylation sites (N-methyl/N-ethyl adjacent to an activating group) is 1. The molecule has 0 saturated heterocycles. The zero-order valence-electron chi connectivity index (χ0n) is 12.8. The lowest BCUT2D eigenvalue weighted by Gasteiger charge is -2.22. The lowest BCUT2D eigenvalue weighted by atomic mass is 10.1. The van der Waals surface area contributed by atoms with Gasteiger partial charge in [0.15, 0.2) is 0 Å². The molecule has 0 fully saturated rings. The van der Waals surface area contributed by atoms with Gasteiger partial charge in [-0.25, -0.2) is 0 Å². The van der Waals surface area contributed by atoms with Gasteiger partial charge in [-0.1, -0.05) is 0 Å². The van der Waals surface area contributed by atoms with Crippen molar-refractivity contribution in [3.05, 3.63) is 33.9 Å². The van der Waals surface area contributed by atoms with Crippen molar-refractivity contribution < 1.29 is 14.5 Å². The van der Waals surface area contributed by atoms with Crippen molar-refractivity contribution in [3.63, 3.8) is 0 Å². The van der Waals surface area contributed by atoms with Crippen LogP contribution in [0.3, 0.4) is 0 Å². The number of benzene rings is 1. The van der Waals surface area contributed by atoms with Gasteiger partial charge in [0.25, 0.3) is 5.69 Å². The van der Waals surface area contributed by atoms with Gasteiger partial charge in [0, 0.05) is 24.4 Å². The Kier molecular flexibility index (Phi) is 5.26. The van der Waals surface area contributed by atoms with E-state index in [-0.39, 0.29) is 18.2 Å². The van der Waals surface area contributed by atoms with Gasteiger partial charge in [0.2, 0.25) is 0 Å². The highest BCUT2D eigenvalue weighted by Gasteiger charge is 2.18. The first-order valence-corrected chi connectivity index (χ1v) is 6.51. The number of nitro groups is 1. The summed E-state index contributed by atoms with van der Waals surface area (Å²) in [5.74, 6) is -0.328. The molecule has 0 atom stereocenters. The minimum atomic E-state index is -0.524. The van der Waals surface area contributed by atoms with Crippen LogP contribution in [0.25, 0.3) is 0 Å². The Balaban J connectivity index is 2.65. The number of hydrogen-bond acceptors (Lipinski definition) is 6. The predicted molar refractivity (Wildman–Crippen MR) is 79.7 cm³/mol. The summed E-state index contributed by atoms with van der Waals surface area (Å²) in [4.78, 5) is 23.6. The van der Waals surface area contributed by atoms with Crippen molar-refractivity contribution >= 4 is 17.3 Å². The zero-order chi connectivity index (χ0) is 16.2. The molecule has 0 spiro atoms. The summed E-state index contributed by atoms with van der Waals surface area (Å²) in [6.45, 7) is 5.94. The largest absolute Gasteiger partial charge is 0.459 e. The molecule has 0 aromatic heterocycles. The van der Waals surface area contributed by atoms with E-state index in [9.17, 15) is 14.9 Å². The Labute approximate surface area is 123 Å². The SMILES string of the molecule is CN(CC(=O)OC(C)(C)C)Cc1ccc([N+](=O)[O-])cc1N. The molecule has 1 aromatic rings. The molecule has 0 bridgehead atoms. The maximum Gasteiger partial charge on any atom is 0.320 e. The van der Waals surface area contributed by atoms with Crippen molar-refractivity contribution in [1.29, 1.82) is 0 Å². The molecule has 0 saturated carbocycles. The quantitative estimate of drug-likeness (QED) is 0.386. The van der Waals surface area contributed by atoms with E-state index in [1.54, 1.807) is 38.8 Å². The highest BCUT2D eigenvalue weighted by Crippen LogP contribution is 2.20. The summed E-state index contributed by atoms with van der Waals surface area (Å²) in [5.41, 5.74) is 6.28. The molecular weight excluding hydrogens is 274 g/mol. The molecule has 0 aliphatic rings. The second kappa shape index (κ2) is 6.53. The number of carbonyl (C=O) groups excluding carboxylic acids is 1. The van der Waals surface area contributed by atoms with Crippen LogP contribution in [-0.4, -0.2) is 35.0 Å². The molecule has 0 heterocycles. The summed E-state index contributed by atoms with van der Waals surface area (Å²) in [6.07, 6.45) is 0. The number of carbonyl (C=O) groups is 1. The molecular formula is C14H21N3O4. The maximum absolute atomic E-state index is 11.7. The Morgan fingerprint density at radius 2 is 2.05 bits per heavy atom. The second-order valence-corrected chi connectivity index (χ2v) is 5.90. The Bertz CT molecular complexity index is 538. The molecule has 0 aliphatic carbocycles. The minimum Gasteiger partial charge on any atom is -0.459 e. The van der Waals surface area contributed by atoms with Crippen LogP contribution in [0, 0.1) is 10.1 Å². The highest BCUT2D eigenvalue weighted by molar-refractivity contribution is 5.72. The summed E-state index contributed by atoms with van der Waals surface area (Å²) in [6, 6.07) is 4.31. The van der Waals surface area contributed by atoms with Gasteiger partial charge >= 0.3 is 5.97 Å². The summed E-state index contributed by atoms with van der Waals surface area (Å²) >= 11 is 0. The average Bonchev–Trinajstić information content (AvgIpc) is 2.28. The first-order valence-electron chi connectivity index (χ1n) is 6.51. The van der Waals surface area contributed by atoms with Crippen LogP contribution in [0.2, 0.25) is 0 Å². The zero-order valence-corrected chi connectivity index (χ0v) is 12.8. The highest BCUT2D eigenvalue weighted by atomic mass is 16.6. The van der Waals surface area contributed by atoms with Crippen LogP contribution in [0.5, 0.6) is 0 Å². The summed E-state index contributed by atoms with van der Waals surface area (Å²) in [7, 11) is 1.75. The number of nitro benzene ring substituents is 1. The van der Waals surface area contributed by atoms with Gasteiger partial charge in [0.05, 0.1) is 11.5 Å². The van der Waals surface area contributed by atoms with Crippen LogP contribution in [0.15, 0.2) is 18.2 Å². The smallest absolute Gasteiger partial charge is 0.320 e. The number of nitrogens with two attached hydrogens (primary N) is 1. The fraction of sp³-hybridized carbons (Fsp3) is 0.500. The third kappa shape index (κ3) is 5.78. The lowest BCUT2D eigenvalue weighted by molar-refractivity contribution is -0.384. The van der Waals surface area contributed by atoms with Crippen molar-refractivity contribution in [3.8, 4) is 0 Å². The van der Waals surface area contributed by atoms with Crippen molar-refractivity contribution in [1.82, 2.24) is 4.90 Å². The van der Waals surface area contributed by atoms with E-state index in [1.807, 2.05) is 0 Å². The van der Waals surface area contributed by atoms with Gasteiger partial charge in [-0.15, -0.1) is 0 Å². The van der Waals surface area contributed by atoms with E-state index in [4.69, 9.17) is 10.5 Å². The Morgan fingerprint density at radius 1 is 1.43 bits per heavy atom. The molecule has 21 heavy (non-hydrogen) atoms. The molecule has 1 rings (SSSR count). The topological polar surface area (TPSA) is 98.7 Å². The molecule has 0 aliphatic heterocycles. The molecule has 0 unspecified atom stereocenters. The van der Waals surface area contributed by atoms with E-state index < -0.39 is 10.5 Å². The van der Waals surface area contributed by atoms with Gasteiger partial charge in [-0.2, -0.15) is 0 Å². The number of anilines is 1. The van der Waals surface area contributed by atoms with Crippen LogP contribution in [0.1, 0.15) is 26.3 Å². The average molecular weight is 295 g/mol. The van der Waals surface area contributed by atoms with E-state index in [2.05, 4.69) is 0 Å². The Hall–Kier alpha value is -2.15. The normalized spacial score (nSPS) is 11.5. The monoisotopic (exact) mass is 295 g/mol. The first-order chi connectivity index (χ1) is 9.58. The molecule has 116 valence electrons. The van der Waals surface area contributed by atoms with Crippen LogP contribution >= 0.6 is 0 Å². The first kappa shape index (κ1) is 16.9. The number of ether oxygens (including phenoxy) is 1. The molecule has 7 nitrogen and oxygen atoms in total. The molecule has 7 heteroatoms. The second-order valence-electron chi connectivity index (χ2n) is 5.90. The number of hydrogen-bond donors (Lipinski definition) is 1. The number of rotatable bonds is 5.